The quantitative estimate of drug-likeness (QED) is 0.801. The molecule has 0 aliphatic carbocycles. The summed E-state index contributed by atoms with van der Waals surface area (Å²) in [7, 11) is 0. The molecule has 2 saturated heterocycles. The molecule has 1 N–H and O–H groups in total. The summed E-state index contributed by atoms with van der Waals surface area (Å²) < 4.78 is 0. The SMILES string of the molecule is Cc1cccc(CN2CCN(C(=O)NCc3ccc(N4CCC(C)CC4)nc3)CC2)c1. The monoisotopic (exact) mass is 421 g/mol. The largest absolute Gasteiger partial charge is 0.357 e. The number of pyridine rings is 1. The Morgan fingerprint density at radius 2 is 1.81 bits per heavy atom. The molecule has 31 heavy (non-hydrogen) atoms. The van der Waals surface area contributed by atoms with E-state index in [1.807, 2.05) is 11.1 Å². The van der Waals surface area contributed by atoms with Crippen LogP contribution in [0.25, 0.3) is 0 Å². The van der Waals surface area contributed by atoms with Crippen molar-refractivity contribution in [1.82, 2.24) is 20.1 Å². The van der Waals surface area contributed by atoms with E-state index in [1.165, 1.54) is 24.0 Å². The Balaban J connectivity index is 1.20. The number of urea groups is 1. The Morgan fingerprint density at radius 1 is 1.03 bits per heavy atom. The summed E-state index contributed by atoms with van der Waals surface area (Å²) in [5, 5.41) is 3.06. The fourth-order valence-corrected chi connectivity index (χ4v) is 4.41. The zero-order valence-electron chi connectivity index (χ0n) is 18.9. The number of carbonyl (C=O) groups excluding carboxylic acids is 1. The van der Waals surface area contributed by atoms with Gasteiger partial charge in [-0.15, -0.1) is 0 Å². The normalized spacial score (nSPS) is 18.3. The van der Waals surface area contributed by atoms with Crippen molar-refractivity contribution in [2.75, 3.05) is 44.2 Å². The van der Waals surface area contributed by atoms with E-state index in [0.29, 0.717) is 6.54 Å². The van der Waals surface area contributed by atoms with Gasteiger partial charge in [0.2, 0.25) is 0 Å². The first kappa shape index (κ1) is 21.6. The second-order valence-electron chi connectivity index (χ2n) is 9.11. The van der Waals surface area contributed by atoms with Gasteiger partial charge in [0.15, 0.2) is 0 Å². The van der Waals surface area contributed by atoms with Gasteiger partial charge in [-0.05, 0) is 42.9 Å². The number of benzene rings is 1. The van der Waals surface area contributed by atoms with Gasteiger partial charge in [-0.2, -0.15) is 0 Å². The topological polar surface area (TPSA) is 51.7 Å². The van der Waals surface area contributed by atoms with Crippen LogP contribution in [-0.4, -0.2) is 60.1 Å². The number of nitrogens with one attached hydrogen (secondary N) is 1. The maximum atomic E-state index is 12.6. The molecule has 2 aliphatic heterocycles. The lowest BCUT2D eigenvalue weighted by Gasteiger charge is -2.34. The van der Waals surface area contributed by atoms with Crippen LogP contribution in [0.15, 0.2) is 42.6 Å². The molecule has 0 atom stereocenters. The highest BCUT2D eigenvalue weighted by molar-refractivity contribution is 5.74. The minimum absolute atomic E-state index is 0.0179. The number of carbonyl (C=O) groups is 1. The zero-order chi connectivity index (χ0) is 21.6. The van der Waals surface area contributed by atoms with Crippen LogP contribution in [0, 0.1) is 12.8 Å². The molecule has 2 aliphatic rings. The third-order valence-electron chi connectivity index (χ3n) is 6.51. The van der Waals surface area contributed by atoms with Crippen LogP contribution in [0.3, 0.4) is 0 Å². The van der Waals surface area contributed by atoms with Gasteiger partial charge in [0.05, 0.1) is 0 Å². The van der Waals surface area contributed by atoms with Gasteiger partial charge >= 0.3 is 6.03 Å². The standard InChI is InChI=1S/C25H35N5O/c1-20-8-10-29(11-9-20)24-7-6-23(17-26-24)18-27-25(31)30-14-12-28(13-15-30)19-22-5-3-4-21(2)16-22/h3-7,16-17,20H,8-15,18-19H2,1-2H3,(H,27,31). The van der Waals surface area contributed by atoms with Crippen molar-refractivity contribution in [3.8, 4) is 0 Å². The van der Waals surface area contributed by atoms with E-state index in [-0.39, 0.29) is 6.03 Å². The molecule has 3 heterocycles. The van der Waals surface area contributed by atoms with Crippen LogP contribution in [0.4, 0.5) is 10.6 Å². The summed E-state index contributed by atoms with van der Waals surface area (Å²) in [5.41, 5.74) is 3.68. The third-order valence-corrected chi connectivity index (χ3v) is 6.51. The van der Waals surface area contributed by atoms with E-state index in [1.54, 1.807) is 0 Å². The number of anilines is 1. The molecule has 4 rings (SSSR count). The Morgan fingerprint density at radius 3 is 2.48 bits per heavy atom. The molecular weight excluding hydrogens is 386 g/mol. The van der Waals surface area contributed by atoms with E-state index in [2.05, 4.69) is 70.3 Å². The van der Waals surface area contributed by atoms with E-state index in [9.17, 15) is 4.79 Å². The zero-order valence-corrected chi connectivity index (χ0v) is 18.9. The lowest BCUT2D eigenvalue weighted by molar-refractivity contribution is 0.135. The Bertz CT molecular complexity index is 852. The maximum Gasteiger partial charge on any atom is 0.317 e. The molecule has 0 bridgehead atoms. The Kier molecular flexibility index (Phi) is 7.07. The predicted octanol–water partition coefficient (Wildman–Crippen LogP) is 3.65. The summed E-state index contributed by atoms with van der Waals surface area (Å²) in [5.74, 6) is 1.86. The highest BCUT2D eigenvalue weighted by atomic mass is 16.2. The Labute approximate surface area is 186 Å². The second kappa shape index (κ2) is 10.1. The van der Waals surface area contributed by atoms with Crippen LogP contribution in [0.1, 0.15) is 36.5 Å². The van der Waals surface area contributed by atoms with Crippen molar-refractivity contribution in [3.63, 3.8) is 0 Å². The number of hydrogen-bond acceptors (Lipinski definition) is 4. The third kappa shape index (κ3) is 5.97. The van der Waals surface area contributed by atoms with E-state index in [4.69, 9.17) is 0 Å². The minimum Gasteiger partial charge on any atom is -0.357 e. The number of aryl methyl sites for hydroxylation is 1. The van der Waals surface area contributed by atoms with Crippen LogP contribution >= 0.6 is 0 Å². The number of aromatic nitrogens is 1. The van der Waals surface area contributed by atoms with Crippen molar-refractivity contribution >= 4 is 11.8 Å². The summed E-state index contributed by atoms with van der Waals surface area (Å²) in [6.45, 7) is 11.4. The van der Waals surface area contributed by atoms with Crippen LogP contribution in [0.5, 0.6) is 0 Å². The molecule has 1 aromatic carbocycles. The van der Waals surface area contributed by atoms with Crippen molar-refractivity contribution < 1.29 is 4.79 Å². The number of amides is 2. The van der Waals surface area contributed by atoms with Crippen LogP contribution in [0.2, 0.25) is 0 Å². The van der Waals surface area contributed by atoms with E-state index < -0.39 is 0 Å². The average molecular weight is 422 g/mol. The predicted molar refractivity (Wildman–Crippen MR) is 125 cm³/mol. The number of piperidine rings is 1. The van der Waals surface area contributed by atoms with Crippen molar-refractivity contribution in [2.45, 2.75) is 39.8 Å². The number of piperazine rings is 1. The van der Waals surface area contributed by atoms with Gasteiger partial charge in [0, 0.05) is 58.6 Å². The first-order chi connectivity index (χ1) is 15.1. The molecule has 0 spiro atoms. The molecular formula is C25H35N5O. The lowest BCUT2D eigenvalue weighted by atomic mass is 9.99. The summed E-state index contributed by atoms with van der Waals surface area (Å²) in [4.78, 5) is 23.9. The van der Waals surface area contributed by atoms with Gasteiger partial charge in [-0.1, -0.05) is 42.8 Å². The molecule has 1 aromatic heterocycles. The molecule has 2 amide bonds. The minimum atomic E-state index is 0.0179. The van der Waals surface area contributed by atoms with E-state index in [0.717, 1.165) is 63.1 Å². The van der Waals surface area contributed by atoms with E-state index >= 15 is 0 Å². The number of hydrogen-bond donors (Lipinski definition) is 1. The molecule has 6 nitrogen and oxygen atoms in total. The molecule has 0 saturated carbocycles. The lowest BCUT2D eigenvalue weighted by Crippen LogP contribution is -2.51. The van der Waals surface area contributed by atoms with Crippen molar-refractivity contribution in [3.05, 3.63) is 59.3 Å². The highest BCUT2D eigenvalue weighted by Gasteiger charge is 2.21. The summed E-state index contributed by atoms with van der Waals surface area (Å²) in [6, 6.07) is 12.8. The highest BCUT2D eigenvalue weighted by Crippen LogP contribution is 2.21. The van der Waals surface area contributed by atoms with Gasteiger partial charge in [0.25, 0.3) is 0 Å². The van der Waals surface area contributed by atoms with Crippen LogP contribution in [-0.2, 0) is 13.1 Å². The van der Waals surface area contributed by atoms with Crippen LogP contribution < -0.4 is 10.2 Å². The van der Waals surface area contributed by atoms with Gasteiger partial charge in [0.1, 0.15) is 5.82 Å². The summed E-state index contributed by atoms with van der Waals surface area (Å²) in [6.07, 6.45) is 4.36. The van der Waals surface area contributed by atoms with Gasteiger partial charge < -0.3 is 15.1 Å². The van der Waals surface area contributed by atoms with Crippen molar-refractivity contribution in [2.24, 2.45) is 5.92 Å². The smallest absolute Gasteiger partial charge is 0.317 e. The summed E-state index contributed by atoms with van der Waals surface area (Å²) >= 11 is 0. The molecule has 166 valence electrons. The van der Waals surface area contributed by atoms with Crippen molar-refractivity contribution in [1.29, 1.82) is 0 Å². The average Bonchev–Trinajstić information content (AvgIpc) is 2.79. The first-order valence-corrected chi connectivity index (χ1v) is 11.6. The maximum absolute atomic E-state index is 12.6. The van der Waals surface area contributed by atoms with Gasteiger partial charge in [-0.3, -0.25) is 4.90 Å². The molecule has 6 heteroatoms. The number of rotatable bonds is 5. The van der Waals surface area contributed by atoms with Gasteiger partial charge in [-0.25, -0.2) is 9.78 Å². The molecule has 2 aromatic rings. The fourth-order valence-electron chi connectivity index (χ4n) is 4.41. The Hall–Kier alpha value is -2.60. The number of nitrogens with zero attached hydrogens (tertiary/aromatic N) is 4. The molecule has 2 fully saturated rings. The molecule has 0 radical (unpaired) electrons. The first-order valence-electron chi connectivity index (χ1n) is 11.6. The fraction of sp³-hybridized carbons (Fsp3) is 0.520. The molecule has 0 unspecified atom stereocenters. The second-order valence-corrected chi connectivity index (χ2v) is 9.11.